The second-order valence-electron chi connectivity index (χ2n) is 8.08. The summed E-state index contributed by atoms with van der Waals surface area (Å²) in [6.45, 7) is 4.20. The number of hydrogen-bond acceptors (Lipinski definition) is 3. The molecule has 2 aromatic carbocycles. The molecule has 2 aromatic rings. The predicted octanol–water partition coefficient (Wildman–Crippen LogP) is 3.91. The van der Waals surface area contributed by atoms with Crippen molar-refractivity contribution in [2.24, 2.45) is 5.92 Å². The van der Waals surface area contributed by atoms with Crippen LogP contribution < -0.4 is 10.1 Å². The van der Waals surface area contributed by atoms with Crippen molar-refractivity contribution < 1.29 is 9.53 Å². The van der Waals surface area contributed by atoms with Crippen molar-refractivity contribution in [3.05, 3.63) is 65.7 Å². The average Bonchev–Trinajstić information content (AvgIpc) is 3.55. The number of piperidine rings is 1. The number of carbonyl (C=O) groups is 1. The van der Waals surface area contributed by atoms with E-state index in [9.17, 15) is 4.79 Å². The summed E-state index contributed by atoms with van der Waals surface area (Å²) >= 11 is 0. The van der Waals surface area contributed by atoms with Gasteiger partial charge in [0, 0.05) is 31.7 Å². The van der Waals surface area contributed by atoms with Crippen molar-refractivity contribution >= 4 is 5.91 Å². The van der Waals surface area contributed by atoms with Gasteiger partial charge in [0.25, 0.3) is 5.91 Å². The molecule has 4 nitrogen and oxygen atoms in total. The van der Waals surface area contributed by atoms with Crippen LogP contribution in [0.15, 0.2) is 54.6 Å². The Labute approximate surface area is 167 Å². The lowest BCUT2D eigenvalue weighted by Gasteiger charge is -2.32. The average molecular weight is 379 g/mol. The highest BCUT2D eigenvalue weighted by Gasteiger charge is 2.27. The van der Waals surface area contributed by atoms with Crippen molar-refractivity contribution in [3.63, 3.8) is 0 Å². The fourth-order valence-corrected chi connectivity index (χ4v) is 3.82. The first-order chi connectivity index (χ1) is 13.8. The number of ether oxygens (including phenoxy) is 1. The third kappa shape index (κ3) is 5.59. The number of benzene rings is 2. The second kappa shape index (κ2) is 9.24. The highest BCUT2D eigenvalue weighted by atomic mass is 16.5. The molecule has 0 atom stereocenters. The number of nitrogens with one attached hydrogen (secondary N) is 1. The summed E-state index contributed by atoms with van der Waals surface area (Å²) in [5.74, 6) is 1.79. The molecule has 0 radical (unpaired) electrons. The molecule has 0 bridgehead atoms. The number of likely N-dealkylation sites (tertiary alicyclic amines) is 1. The molecular weight excluding hydrogens is 348 g/mol. The monoisotopic (exact) mass is 378 g/mol. The molecule has 4 heteroatoms. The highest BCUT2D eigenvalue weighted by molar-refractivity contribution is 5.94. The number of carbonyl (C=O) groups excluding carboxylic acids is 1. The first kappa shape index (κ1) is 19.0. The SMILES string of the molecule is O=C(NCCc1ccccc1)c1ccc(OC2CCN(CC3CC3)CC2)cc1. The van der Waals surface area contributed by atoms with Crippen LogP contribution in [0.5, 0.6) is 5.75 Å². The minimum atomic E-state index is -0.0316. The van der Waals surface area contributed by atoms with Crippen LogP contribution in [-0.4, -0.2) is 43.1 Å². The summed E-state index contributed by atoms with van der Waals surface area (Å²) in [5, 5.41) is 2.99. The van der Waals surface area contributed by atoms with E-state index in [0.717, 1.165) is 44.0 Å². The maximum atomic E-state index is 12.3. The maximum absolute atomic E-state index is 12.3. The third-order valence-corrected chi connectivity index (χ3v) is 5.71. The van der Waals surface area contributed by atoms with E-state index in [1.54, 1.807) is 0 Å². The minimum absolute atomic E-state index is 0.0316. The Morgan fingerprint density at radius 3 is 2.36 bits per heavy atom. The lowest BCUT2D eigenvalue weighted by molar-refractivity contribution is 0.0952. The van der Waals surface area contributed by atoms with Gasteiger partial charge in [-0.2, -0.15) is 0 Å². The maximum Gasteiger partial charge on any atom is 0.251 e. The van der Waals surface area contributed by atoms with Gasteiger partial charge >= 0.3 is 0 Å². The third-order valence-electron chi connectivity index (χ3n) is 5.71. The van der Waals surface area contributed by atoms with E-state index in [1.807, 2.05) is 42.5 Å². The summed E-state index contributed by atoms with van der Waals surface area (Å²) in [5.41, 5.74) is 1.91. The molecule has 2 aliphatic rings. The summed E-state index contributed by atoms with van der Waals surface area (Å²) in [6, 6.07) is 17.8. The van der Waals surface area contributed by atoms with Crippen molar-refractivity contribution in [3.8, 4) is 5.75 Å². The Kier molecular flexibility index (Phi) is 6.27. The number of hydrogen-bond donors (Lipinski definition) is 1. The van der Waals surface area contributed by atoms with E-state index >= 15 is 0 Å². The van der Waals surface area contributed by atoms with Crippen molar-refractivity contribution in [2.45, 2.75) is 38.2 Å². The molecule has 1 saturated heterocycles. The molecule has 28 heavy (non-hydrogen) atoms. The fourth-order valence-electron chi connectivity index (χ4n) is 3.82. The number of amides is 1. The Morgan fingerprint density at radius 2 is 1.68 bits per heavy atom. The summed E-state index contributed by atoms with van der Waals surface area (Å²) < 4.78 is 6.14. The molecule has 2 fully saturated rings. The molecule has 1 N–H and O–H groups in total. The molecule has 4 rings (SSSR count). The van der Waals surface area contributed by atoms with Gasteiger partial charge < -0.3 is 15.0 Å². The highest BCUT2D eigenvalue weighted by Crippen LogP contribution is 2.31. The van der Waals surface area contributed by atoms with Gasteiger partial charge in [-0.05, 0) is 67.9 Å². The summed E-state index contributed by atoms with van der Waals surface area (Å²) in [4.78, 5) is 14.9. The zero-order valence-corrected chi connectivity index (χ0v) is 16.5. The molecule has 148 valence electrons. The van der Waals surface area contributed by atoms with Crippen LogP contribution in [0.25, 0.3) is 0 Å². The van der Waals surface area contributed by atoms with E-state index in [-0.39, 0.29) is 5.91 Å². The smallest absolute Gasteiger partial charge is 0.251 e. The Balaban J connectivity index is 1.19. The van der Waals surface area contributed by atoms with Crippen molar-refractivity contribution in [1.82, 2.24) is 10.2 Å². The predicted molar refractivity (Wildman–Crippen MR) is 112 cm³/mol. The first-order valence-corrected chi connectivity index (χ1v) is 10.6. The van der Waals surface area contributed by atoms with E-state index < -0.39 is 0 Å². The zero-order chi connectivity index (χ0) is 19.2. The molecule has 1 heterocycles. The molecular formula is C24H30N2O2. The van der Waals surface area contributed by atoms with Crippen LogP contribution in [0.2, 0.25) is 0 Å². The van der Waals surface area contributed by atoms with Crippen LogP contribution in [0.3, 0.4) is 0 Å². The van der Waals surface area contributed by atoms with Gasteiger partial charge in [0.2, 0.25) is 0 Å². The Bertz CT molecular complexity index is 748. The first-order valence-electron chi connectivity index (χ1n) is 10.6. The van der Waals surface area contributed by atoms with Crippen molar-refractivity contribution in [2.75, 3.05) is 26.2 Å². The largest absolute Gasteiger partial charge is 0.490 e. The van der Waals surface area contributed by atoms with E-state index in [4.69, 9.17) is 4.74 Å². The lowest BCUT2D eigenvalue weighted by atomic mass is 10.1. The number of nitrogens with zero attached hydrogens (tertiary/aromatic N) is 1. The second-order valence-corrected chi connectivity index (χ2v) is 8.08. The van der Waals surface area contributed by atoms with E-state index in [1.165, 1.54) is 24.9 Å². The van der Waals surface area contributed by atoms with Crippen LogP contribution in [0.1, 0.15) is 41.6 Å². The quantitative estimate of drug-likeness (QED) is 0.757. The molecule has 0 spiro atoms. The number of rotatable bonds is 8. The lowest BCUT2D eigenvalue weighted by Crippen LogP contribution is -2.39. The molecule has 1 saturated carbocycles. The van der Waals surface area contributed by atoms with Crippen LogP contribution >= 0.6 is 0 Å². The summed E-state index contributed by atoms with van der Waals surface area (Å²) in [7, 11) is 0. The van der Waals surface area contributed by atoms with Crippen LogP contribution in [0, 0.1) is 5.92 Å². The van der Waals surface area contributed by atoms with Crippen molar-refractivity contribution in [1.29, 1.82) is 0 Å². The van der Waals surface area contributed by atoms with Gasteiger partial charge in [-0.15, -0.1) is 0 Å². The van der Waals surface area contributed by atoms with Gasteiger partial charge in [0.15, 0.2) is 0 Å². The van der Waals surface area contributed by atoms with Gasteiger partial charge in [0.05, 0.1) is 0 Å². The van der Waals surface area contributed by atoms with E-state index in [2.05, 4.69) is 22.3 Å². The molecule has 1 amide bonds. The topological polar surface area (TPSA) is 41.6 Å². The zero-order valence-electron chi connectivity index (χ0n) is 16.5. The van der Waals surface area contributed by atoms with E-state index in [0.29, 0.717) is 18.2 Å². The minimum Gasteiger partial charge on any atom is -0.490 e. The van der Waals surface area contributed by atoms with Gasteiger partial charge in [-0.3, -0.25) is 4.79 Å². The van der Waals surface area contributed by atoms with Gasteiger partial charge in [-0.1, -0.05) is 30.3 Å². The Morgan fingerprint density at radius 1 is 0.964 bits per heavy atom. The molecule has 0 unspecified atom stereocenters. The van der Waals surface area contributed by atoms with Gasteiger partial charge in [0.1, 0.15) is 11.9 Å². The van der Waals surface area contributed by atoms with Gasteiger partial charge in [-0.25, -0.2) is 0 Å². The normalized spacial score (nSPS) is 18.0. The fraction of sp³-hybridized carbons (Fsp3) is 0.458. The molecule has 1 aliphatic heterocycles. The van der Waals surface area contributed by atoms with Crippen LogP contribution in [-0.2, 0) is 6.42 Å². The summed E-state index contributed by atoms with van der Waals surface area (Å²) in [6.07, 6.45) is 6.16. The molecule has 1 aliphatic carbocycles. The standard InChI is InChI=1S/C24H30N2O2/c27-24(25-15-12-19-4-2-1-3-5-19)21-8-10-22(11-9-21)28-23-13-16-26(17-14-23)18-20-6-7-20/h1-5,8-11,20,23H,6-7,12-18H2,(H,25,27). The van der Waals surface area contributed by atoms with Crippen LogP contribution in [0.4, 0.5) is 0 Å². The Hall–Kier alpha value is -2.33. The molecule has 0 aromatic heterocycles.